The van der Waals surface area contributed by atoms with Gasteiger partial charge in [-0.3, -0.25) is 0 Å². The molecule has 0 aromatic rings. The van der Waals surface area contributed by atoms with Crippen LogP contribution in [0, 0.1) is 5.92 Å². The van der Waals surface area contributed by atoms with Crippen molar-refractivity contribution in [3.8, 4) is 0 Å². The van der Waals surface area contributed by atoms with Crippen LogP contribution in [0.25, 0.3) is 0 Å². The van der Waals surface area contributed by atoms with Gasteiger partial charge < -0.3 is 4.74 Å². The fourth-order valence-electron chi connectivity index (χ4n) is 2.88. The van der Waals surface area contributed by atoms with Crippen LogP contribution in [-0.4, -0.2) is 6.10 Å². The Labute approximate surface area is 79.5 Å². The normalized spacial score (nSPS) is 36.9. The highest BCUT2D eigenvalue weighted by Gasteiger charge is 2.38. The summed E-state index contributed by atoms with van der Waals surface area (Å²) in [4.78, 5) is 0. The van der Waals surface area contributed by atoms with Gasteiger partial charge in [0.2, 0.25) is 0 Å². The van der Waals surface area contributed by atoms with Crippen LogP contribution < -0.4 is 0 Å². The molecular formula is C12H16O. The molecule has 1 saturated carbocycles. The molecule has 1 saturated heterocycles. The molecule has 2 unspecified atom stereocenters. The lowest BCUT2D eigenvalue weighted by Crippen LogP contribution is -2.20. The van der Waals surface area contributed by atoms with Crippen LogP contribution in [0.3, 0.4) is 0 Å². The fraction of sp³-hybridized carbons (Fsp3) is 0.667. The van der Waals surface area contributed by atoms with E-state index in [1.54, 1.807) is 0 Å². The molecule has 0 aromatic heterocycles. The third-order valence-corrected chi connectivity index (χ3v) is 3.53. The average molecular weight is 176 g/mol. The van der Waals surface area contributed by atoms with Gasteiger partial charge in [0.15, 0.2) is 0 Å². The van der Waals surface area contributed by atoms with Gasteiger partial charge in [0, 0.05) is 5.92 Å². The number of fused-ring (bicyclic) bond motifs is 3. The first-order valence-corrected chi connectivity index (χ1v) is 5.52. The molecule has 2 atom stereocenters. The molecule has 13 heavy (non-hydrogen) atoms. The van der Waals surface area contributed by atoms with Gasteiger partial charge in [-0.15, -0.1) is 0 Å². The minimum absolute atomic E-state index is 0.532. The zero-order valence-electron chi connectivity index (χ0n) is 7.96. The van der Waals surface area contributed by atoms with Crippen LogP contribution in [0.2, 0.25) is 0 Å². The Kier molecular flexibility index (Phi) is 1.71. The molecule has 1 heteroatoms. The smallest absolute Gasteiger partial charge is 0.119 e. The van der Waals surface area contributed by atoms with E-state index in [1.807, 2.05) is 0 Å². The van der Waals surface area contributed by atoms with Crippen LogP contribution in [-0.2, 0) is 4.74 Å². The summed E-state index contributed by atoms with van der Waals surface area (Å²) in [5.41, 5.74) is 1.54. The van der Waals surface area contributed by atoms with Crippen LogP contribution in [0.15, 0.2) is 23.5 Å². The second-order valence-corrected chi connectivity index (χ2v) is 4.35. The molecule has 1 heterocycles. The van der Waals surface area contributed by atoms with E-state index in [2.05, 4.69) is 12.2 Å². The van der Waals surface area contributed by atoms with E-state index in [9.17, 15) is 0 Å². The Balaban J connectivity index is 1.93. The highest BCUT2D eigenvalue weighted by molar-refractivity contribution is 5.36. The summed E-state index contributed by atoms with van der Waals surface area (Å²) in [7, 11) is 0. The molecule has 70 valence electrons. The van der Waals surface area contributed by atoms with Crippen LogP contribution in [0.4, 0.5) is 0 Å². The molecule has 0 N–H and O–H groups in total. The predicted molar refractivity (Wildman–Crippen MR) is 52.2 cm³/mol. The molecule has 0 spiro atoms. The Morgan fingerprint density at radius 3 is 2.92 bits per heavy atom. The van der Waals surface area contributed by atoms with Crippen molar-refractivity contribution >= 4 is 0 Å². The first-order valence-electron chi connectivity index (χ1n) is 5.52. The van der Waals surface area contributed by atoms with Gasteiger partial charge in [-0.25, -0.2) is 0 Å². The Morgan fingerprint density at radius 1 is 1.08 bits per heavy atom. The van der Waals surface area contributed by atoms with Crippen molar-refractivity contribution in [1.82, 2.24) is 0 Å². The van der Waals surface area contributed by atoms with Gasteiger partial charge >= 0.3 is 0 Å². The number of hydrogen-bond acceptors (Lipinski definition) is 1. The average Bonchev–Trinajstić information content (AvgIpc) is 2.56. The third-order valence-electron chi connectivity index (χ3n) is 3.53. The van der Waals surface area contributed by atoms with Crippen molar-refractivity contribution in [2.75, 3.05) is 0 Å². The van der Waals surface area contributed by atoms with Crippen molar-refractivity contribution in [1.29, 1.82) is 0 Å². The standard InChI is InChI=1S/C12H16O/c1-3-7-11-9(5-1)10-6-2-4-8-12(10)13-11/h5,7,10,12H,1-4,6,8H2. The van der Waals surface area contributed by atoms with Crippen molar-refractivity contribution in [3.05, 3.63) is 23.5 Å². The maximum absolute atomic E-state index is 5.96. The highest BCUT2D eigenvalue weighted by atomic mass is 16.5. The highest BCUT2D eigenvalue weighted by Crippen LogP contribution is 2.44. The lowest BCUT2D eigenvalue weighted by atomic mass is 9.82. The van der Waals surface area contributed by atoms with Gasteiger partial charge in [-0.05, 0) is 43.8 Å². The van der Waals surface area contributed by atoms with Gasteiger partial charge in [-0.2, -0.15) is 0 Å². The molecule has 2 fully saturated rings. The zero-order valence-corrected chi connectivity index (χ0v) is 7.96. The molecule has 0 bridgehead atoms. The van der Waals surface area contributed by atoms with E-state index >= 15 is 0 Å². The zero-order chi connectivity index (χ0) is 8.67. The molecule has 3 aliphatic rings. The first kappa shape index (κ1) is 7.66. The summed E-state index contributed by atoms with van der Waals surface area (Å²) in [6.07, 6.45) is 13.0. The molecule has 3 rings (SSSR count). The summed E-state index contributed by atoms with van der Waals surface area (Å²) >= 11 is 0. The number of rotatable bonds is 0. The maximum atomic E-state index is 5.96. The van der Waals surface area contributed by atoms with Gasteiger partial charge in [0.25, 0.3) is 0 Å². The van der Waals surface area contributed by atoms with Crippen LogP contribution in [0.5, 0.6) is 0 Å². The van der Waals surface area contributed by atoms with Crippen LogP contribution >= 0.6 is 0 Å². The van der Waals surface area contributed by atoms with Gasteiger partial charge in [0.05, 0.1) is 0 Å². The Hall–Kier alpha value is -0.720. The van der Waals surface area contributed by atoms with E-state index in [0.29, 0.717) is 6.10 Å². The van der Waals surface area contributed by atoms with Gasteiger partial charge in [0.1, 0.15) is 11.9 Å². The maximum Gasteiger partial charge on any atom is 0.119 e. The largest absolute Gasteiger partial charge is 0.490 e. The third kappa shape index (κ3) is 1.13. The summed E-state index contributed by atoms with van der Waals surface area (Å²) in [6, 6.07) is 0. The SMILES string of the molecule is C1=C2OC3CCCCC3C2=CCC1. The second-order valence-electron chi connectivity index (χ2n) is 4.35. The molecule has 1 nitrogen and oxygen atoms in total. The first-order chi connectivity index (χ1) is 6.45. The number of hydrogen-bond donors (Lipinski definition) is 0. The summed E-state index contributed by atoms with van der Waals surface area (Å²) in [5.74, 6) is 1.98. The Morgan fingerprint density at radius 2 is 1.92 bits per heavy atom. The molecule has 0 aromatic carbocycles. The second kappa shape index (κ2) is 2.90. The van der Waals surface area contributed by atoms with Crippen molar-refractivity contribution in [2.24, 2.45) is 5.92 Å². The van der Waals surface area contributed by atoms with Crippen molar-refractivity contribution in [3.63, 3.8) is 0 Å². The number of allylic oxidation sites excluding steroid dienone is 3. The quantitative estimate of drug-likeness (QED) is 0.551. The molecule has 0 radical (unpaired) electrons. The lowest BCUT2D eigenvalue weighted by molar-refractivity contribution is 0.0986. The van der Waals surface area contributed by atoms with Crippen molar-refractivity contribution in [2.45, 2.75) is 44.6 Å². The van der Waals surface area contributed by atoms with E-state index in [-0.39, 0.29) is 0 Å². The monoisotopic (exact) mass is 176 g/mol. The summed E-state index contributed by atoms with van der Waals surface area (Å²) < 4.78 is 5.96. The molecule has 2 aliphatic carbocycles. The van der Waals surface area contributed by atoms with E-state index in [1.165, 1.54) is 49.9 Å². The van der Waals surface area contributed by atoms with E-state index < -0.39 is 0 Å². The molecular weight excluding hydrogens is 160 g/mol. The molecule has 1 aliphatic heterocycles. The predicted octanol–water partition coefficient (Wildman–Crippen LogP) is 3.18. The lowest BCUT2D eigenvalue weighted by Gasteiger charge is -2.23. The van der Waals surface area contributed by atoms with E-state index in [0.717, 1.165) is 5.92 Å². The topological polar surface area (TPSA) is 9.23 Å². The van der Waals surface area contributed by atoms with E-state index in [4.69, 9.17) is 4.74 Å². The Bertz CT molecular complexity index is 275. The molecule has 0 amide bonds. The summed E-state index contributed by atoms with van der Waals surface area (Å²) in [6.45, 7) is 0. The minimum atomic E-state index is 0.532. The number of ether oxygens (including phenoxy) is 1. The van der Waals surface area contributed by atoms with Crippen molar-refractivity contribution < 1.29 is 4.74 Å². The fourth-order valence-corrected chi connectivity index (χ4v) is 2.88. The summed E-state index contributed by atoms with van der Waals surface area (Å²) in [5, 5.41) is 0. The van der Waals surface area contributed by atoms with Gasteiger partial charge in [-0.1, -0.05) is 12.5 Å². The van der Waals surface area contributed by atoms with Crippen LogP contribution in [0.1, 0.15) is 38.5 Å². The minimum Gasteiger partial charge on any atom is -0.490 e.